The van der Waals surface area contributed by atoms with Gasteiger partial charge in [-0.3, -0.25) is 0 Å². The largest absolute Gasteiger partial charge is 0.497 e. The summed E-state index contributed by atoms with van der Waals surface area (Å²) in [7, 11) is 1.66. The van der Waals surface area contributed by atoms with E-state index in [0.29, 0.717) is 0 Å². The highest BCUT2D eigenvalue weighted by Crippen LogP contribution is 2.21. The quantitative estimate of drug-likeness (QED) is 0.885. The second-order valence-corrected chi connectivity index (χ2v) is 4.10. The third-order valence-electron chi connectivity index (χ3n) is 1.72. The van der Waals surface area contributed by atoms with E-state index in [4.69, 9.17) is 10.5 Å². The number of methoxy groups -OCH3 is 1. The van der Waals surface area contributed by atoms with Crippen molar-refractivity contribution in [3.63, 3.8) is 0 Å². The number of halogens is 1. The minimum absolute atomic E-state index is 0.180. The molecule has 0 aliphatic heterocycles. The van der Waals surface area contributed by atoms with E-state index in [2.05, 4.69) is 22.0 Å². The summed E-state index contributed by atoms with van der Waals surface area (Å²) in [6.07, 6.45) is 0.871. The van der Waals surface area contributed by atoms with Crippen LogP contribution in [0.15, 0.2) is 22.7 Å². The fourth-order valence-electron chi connectivity index (χ4n) is 1.23. The van der Waals surface area contributed by atoms with E-state index in [1.165, 1.54) is 5.56 Å². The summed E-state index contributed by atoms with van der Waals surface area (Å²) in [6, 6.07) is 6.18. The molecule has 0 spiro atoms. The smallest absolute Gasteiger partial charge is 0.120 e. The van der Waals surface area contributed by atoms with Crippen LogP contribution in [0.5, 0.6) is 5.75 Å². The summed E-state index contributed by atoms with van der Waals surface area (Å²) in [4.78, 5) is 0. The van der Waals surface area contributed by atoms with Gasteiger partial charge in [0.05, 0.1) is 7.11 Å². The number of hydrogen-bond acceptors (Lipinski definition) is 2. The summed E-state index contributed by atoms with van der Waals surface area (Å²) >= 11 is 3.42. The normalized spacial score (nSPS) is 12.6. The Hall–Kier alpha value is -0.540. The van der Waals surface area contributed by atoms with Crippen LogP contribution in [0, 0.1) is 0 Å². The second-order valence-electron chi connectivity index (χ2n) is 3.18. The molecule has 2 N–H and O–H groups in total. The van der Waals surface area contributed by atoms with E-state index in [9.17, 15) is 0 Å². The van der Waals surface area contributed by atoms with Crippen molar-refractivity contribution < 1.29 is 4.74 Å². The Bertz CT molecular complexity index is 286. The molecule has 1 unspecified atom stereocenters. The molecule has 0 aliphatic rings. The number of rotatable bonds is 3. The average molecular weight is 244 g/mol. The van der Waals surface area contributed by atoms with Crippen LogP contribution in [0.3, 0.4) is 0 Å². The van der Waals surface area contributed by atoms with E-state index in [-0.39, 0.29) is 6.04 Å². The lowest BCUT2D eigenvalue weighted by molar-refractivity contribution is 0.414. The third kappa shape index (κ3) is 3.36. The summed E-state index contributed by atoms with van der Waals surface area (Å²) in [6.45, 7) is 1.99. The lowest BCUT2D eigenvalue weighted by atomic mass is 10.1. The molecule has 3 heteroatoms. The molecular weight excluding hydrogens is 230 g/mol. The zero-order valence-electron chi connectivity index (χ0n) is 7.88. The van der Waals surface area contributed by atoms with Crippen molar-refractivity contribution in [2.24, 2.45) is 5.73 Å². The molecule has 1 aromatic carbocycles. The summed E-state index contributed by atoms with van der Waals surface area (Å²) in [5.41, 5.74) is 6.91. The SMILES string of the molecule is COc1cc(Br)cc(CC(C)N)c1. The Morgan fingerprint density at radius 3 is 2.69 bits per heavy atom. The fourth-order valence-corrected chi connectivity index (χ4v) is 1.75. The van der Waals surface area contributed by atoms with Crippen molar-refractivity contribution >= 4 is 15.9 Å². The molecule has 72 valence electrons. The monoisotopic (exact) mass is 243 g/mol. The molecule has 0 saturated carbocycles. The molecule has 0 bridgehead atoms. The van der Waals surface area contributed by atoms with Crippen molar-refractivity contribution in [3.05, 3.63) is 28.2 Å². The molecule has 0 aliphatic carbocycles. The first-order valence-electron chi connectivity index (χ1n) is 4.21. The molecule has 1 atom stereocenters. The van der Waals surface area contributed by atoms with Crippen molar-refractivity contribution in [3.8, 4) is 5.75 Å². The first kappa shape index (κ1) is 10.5. The molecule has 0 heterocycles. The molecular formula is C10H14BrNO. The first-order valence-corrected chi connectivity index (χ1v) is 5.00. The van der Waals surface area contributed by atoms with Crippen LogP contribution in [0.4, 0.5) is 0 Å². The molecule has 0 aromatic heterocycles. The van der Waals surface area contributed by atoms with E-state index in [1.807, 2.05) is 19.1 Å². The van der Waals surface area contributed by atoms with Crippen LogP contribution in [-0.4, -0.2) is 13.2 Å². The maximum Gasteiger partial charge on any atom is 0.120 e. The lowest BCUT2D eigenvalue weighted by Gasteiger charge is -2.08. The van der Waals surface area contributed by atoms with Gasteiger partial charge in [0, 0.05) is 10.5 Å². The van der Waals surface area contributed by atoms with E-state index >= 15 is 0 Å². The Balaban J connectivity index is 2.88. The van der Waals surface area contributed by atoms with Gasteiger partial charge in [0.1, 0.15) is 5.75 Å². The van der Waals surface area contributed by atoms with Gasteiger partial charge in [-0.1, -0.05) is 15.9 Å². The van der Waals surface area contributed by atoms with Crippen LogP contribution >= 0.6 is 15.9 Å². The molecule has 0 radical (unpaired) electrons. The van der Waals surface area contributed by atoms with Gasteiger partial charge in [-0.2, -0.15) is 0 Å². The van der Waals surface area contributed by atoms with Gasteiger partial charge in [0.2, 0.25) is 0 Å². The standard InChI is InChI=1S/C10H14BrNO/c1-7(12)3-8-4-9(11)6-10(5-8)13-2/h4-7H,3,12H2,1-2H3. The average Bonchev–Trinajstić information content (AvgIpc) is 2.01. The third-order valence-corrected chi connectivity index (χ3v) is 2.18. The van der Waals surface area contributed by atoms with Crippen LogP contribution in [0.1, 0.15) is 12.5 Å². The minimum Gasteiger partial charge on any atom is -0.497 e. The maximum absolute atomic E-state index is 5.71. The predicted molar refractivity (Wildman–Crippen MR) is 58.0 cm³/mol. The zero-order chi connectivity index (χ0) is 9.84. The molecule has 0 amide bonds. The highest BCUT2D eigenvalue weighted by molar-refractivity contribution is 9.10. The Morgan fingerprint density at radius 2 is 2.15 bits per heavy atom. The van der Waals surface area contributed by atoms with Gasteiger partial charge in [0.15, 0.2) is 0 Å². The van der Waals surface area contributed by atoms with Crippen molar-refractivity contribution in [2.45, 2.75) is 19.4 Å². The summed E-state index contributed by atoms with van der Waals surface area (Å²) in [5, 5.41) is 0. The lowest BCUT2D eigenvalue weighted by Crippen LogP contribution is -2.17. The number of nitrogens with two attached hydrogens (primary N) is 1. The summed E-state index contributed by atoms with van der Waals surface area (Å²) in [5.74, 6) is 0.866. The summed E-state index contributed by atoms with van der Waals surface area (Å²) < 4.78 is 6.18. The molecule has 2 nitrogen and oxygen atoms in total. The van der Waals surface area contributed by atoms with Gasteiger partial charge in [-0.15, -0.1) is 0 Å². The van der Waals surface area contributed by atoms with Crippen molar-refractivity contribution in [2.75, 3.05) is 7.11 Å². The number of hydrogen-bond donors (Lipinski definition) is 1. The van der Waals surface area contributed by atoms with E-state index < -0.39 is 0 Å². The van der Waals surface area contributed by atoms with Crippen LogP contribution < -0.4 is 10.5 Å². The Labute approximate surface area is 87.2 Å². The topological polar surface area (TPSA) is 35.2 Å². The molecule has 0 saturated heterocycles. The van der Waals surface area contributed by atoms with Gasteiger partial charge >= 0.3 is 0 Å². The fraction of sp³-hybridized carbons (Fsp3) is 0.400. The van der Waals surface area contributed by atoms with Crippen molar-refractivity contribution in [1.29, 1.82) is 0 Å². The van der Waals surface area contributed by atoms with Gasteiger partial charge in [-0.05, 0) is 37.1 Å². The maximum atomic E-state index is 5.71. The number of benzene rings is 1. The van der Waals surface area contributed by atoms with E-state index in [0.717, 1.165) is 16.6 Å². The Morgan fingerprint density at radius 1 is 1.46 bits per heavy atom. The highest BCUT2D eigenvalue weighted by atomic mass is 79.9. The Kier molecular flexibility index (Phi) is 3.75. The highest BCUT2D eigenvalue weighted by Gasteiger charge is 2.01. The van der Waals surface area contributed by atoms with Gasteiger partial charge in [-0.25, -0.2) is 0 Å². The number of ether oxygens (including phenoxy) is 1. The van der Waals surface area contributed by atoms with E-state index in [1.54, 1.807) is 7.11 Å². The van der Waals surface area contributed by atoms with Crippen LogP contribution in [0.25, 0.3) is 0 Å². The molecule has 1 rings (SSSR count). The van der Waals surface area contributed by atoms with Crippen LogP contribution in [0.2, 0.25) is 0 Å². The molecule has 1 aromatic rings. The predicted octanol–water partition coefficient (Wildman–Crippen LogP) is 2.35. The molecule has 13 heavy (non-hydrogen) atoms. The van der Waals surface area contributed by atoms with Crippen LogP contribution in [-0.2, 0) is 6.42 Å². The first-order chi connectivity index (χ1) is 6.11. The zero-order valence-corrected chi connectivity index (χ0v) is 9.47. The van der Waals surface area contributed by atoms with Crippen molar-refractivity contribution in [1.82, 2.24) is 0 Å². The minimum atomic E-state index is 0.180. The second kappa shape index (κ2) is 4.63. The van der Waals surface area contributed by atoms with Gasteiger partial charge in [0.25, 0.3) is 0 Å². The molecule has 0 fully saturated rings. The van der Waals surface area contributed by atoms with Gasteiger partial charge < -0.3 is 10.5 Å².